The van der Waals surface area contributed by atoms with Gasteiger partial charge in [-0.15, -0.1) is 34.0 Å². The Bertz CT molecular complexity index is 10200. The van der Waals surface area contributed by atoms with Gasteiger partial charge in [-0.25, -0.2) is 0 Å². The highest BCUT2D eigenvalue weighted by Crippen LogP contribution is 2.54. The quantitative estimate of drug-likeness (QED) is 0.114. The lowest BCUT2D eigenvalue weighted by Crippen LogP contribution is -2.15. The Morgan fingerprint density at radius 2 is 0.568 bits per heavy atom. The predicted molar refractivity (Wildman–Crippen MR) is 652 cm³/mol. The van der Waals surface area contributed by atoms with E-state index >= 15 is 0 Å². The molecule has 23 aromatic carbocycles. The molecular weight excluding hydrogens is 2120 g/mol. The molecule has 0 spiro atoms. The minimum atomic E-state index is -0.0577. The van der Waals surface area contributed by atoms with Gasteiger partial charge >= 0.3 is 0 Å². The van der Waals surface area contributed by atoms with E-state index in [1.54, 1.807) is 0 Å². The molecule has 13 heteroatoms. The molecule has 0 radical (unpaired) electrons. The van der Waals surface area contributed by atoms with Crippen LogP contribution in [0.4, 0.5) is 51.2 Å². The first-order valence-electron chi connectivity index (χ1n) is 49.6. The van der Waals surface area contributed by atoms with E-state index < -0.39 is 0 Å². The third-order valence-electron chi connectivity index (χ3n) is 29.4. The summed E-state index contributed by atoms with van der Waals surface area (Å²) in [5.41, 5.74) is 26.6. The number of fused-ring (bicyclic) bond motifs is 25. The molecule has 0 amide bonds. The molecule has 0 saturated heterocycles. The summed E-state index contributed by atoms with van der Waals surface area (Å²) in [6, 6.07) is 180. The van der Waals surface area contributed by atoms with Crippen LogP contribution in [-0.4, -0.2) is 13.7 Å². The first-order valence-corrected chi connectivity index (χ1v) is 55.3. The molecule has 30 rings (SSSR count). The highest BCUT2D eigenvalue weighted by molar-refractivity contribution is 9.11. The van der Waals surface area contributed by atoms with Crippen LogP contribution in [0.25, 0.3) is 186 Å². The van der Waals surface area contributed by atoms with E-state index in [1.165, 1.54) is 198 Å². The first kappa shape index (κ1) is 90.9. The van der Waals surface area contributed by atoms with Crippen LogP contribution in [0.1, 0.15) is 25.0 Å². The Balaban J connectivity index is 0.0000000989. The summed E-state index contributed by atoms with van der Waals surface area (Å²) < 4.78 is 19.4. The van der Waals surface area contributed by atoms with E-state index in [4.69, 9.17) is 0 Å². The van der Waals surface area contributed by atoms with Crippen molar-refractivity contribution in [2.24, 2.45) is 0 Å². The first-order chi connectivity index (χ1) is 72.8. The highest BCUT2D eigenvalue weighted by atomic mass is 79.9. The smallest absolute Gasteiger partial charge is 0.0640 e. The summed E-state index contributed by atoms with van der Waals surface area (Å²) in [5, 5.41) is 22.9. The van der Waals surface area contributed by atoms with Crippen molar-refractivity contribution >= 4 is 307 Å². The van der Waals surface area contributed by atoms with Gasteiger partial charge in [0.2, 0.25) is 0 Å². The van der Waals surface area contributed by atoms with Crippen LogP contribution >= 0.6 is 97.7 Å². The Hall–Kier alpha value is -15.8. The zero-order valence-corrected chi connectivity index (χ0v) is 89.1. The maximum absolute atomic E-state index is 3.74. The number of hydrogen-bond acceptors (Lipinski definition) is 6. The van der Waals surface area contributed by atoms with Crippen LogP contribution in [0.5, 0.6) is 0 Å². The van der Waals surface area contributed by atoms with Crippen molar-refractivity contribution in [3.63, 3.8) is 0 Å². The monoisotopic (exact) mass is 2200 g/mol. The van der Waals surface area contributed by atoms with Gasteiger partial charge in [0.1, 0.15) is 0 Å². The molecule has 6 heterocycles. The average molecular weight is 2210 g/mol. The van der Waals surface area contributed by atoms with Crippen molar-refractivity contribution in [3.8, 4) is 28.2 Å². The largest absolute Gasteiger partial charge is 0.310 e. The number of anilines is 9. The molecule has 0 aliphatic heterocycles. The lowest BCUT2D eigenvalue weighted by atomic mass is 9.82. The van der Waals surface area contributed by atoms with Crippen molar-refractivity contribution < 1.29 is 0 Å². The number of rotatable bonds is 12. The zero-order valence-electron chi connectivity index (χ0n) is 80.3. The third kappa shape index (κ3) is 16.0. The second kappa shape index (κ2) is 37.6. The molecule has 0 fully saturated rings. The number of para-hydroxylation sites is 6. The van der Waals surface area contributed by atoms with Gasteiger partial charge in [0.05, 0.1) is 53.9 Å². The number of thiophene rings is 3. The second-order valence-corrected chi connectivity index (χ2v) is 45.2. The molecule has 0 bridgehead atoms. The molecule has 6 aromatic heterocycles. The SMILES string of the molecule is Brc1ccc2c(c1)c1ccc(N(c3ccc4ccccc4c3)c3ccc4c(c3)sc3ccccc34)cc1n2-c1ccccc1.Brc1ccc2sc3c(N(c4ccccc4)c4ccc5c(ccc6ccccc65)c4)cccc3c2c1.Brc1ccc2sc3c(N(c4ccccc4)c4ccccc4)cccc3c2c1.CC1(C)c2ccccc2-c2ccc(-n3c4ccc(Br)cc4c4ccc(-n5c6ccccc6c6ccccc65)cc43)cc21. The van der Waals surface area contributed by atoms with Gasteiger partial charge in [-0.3, -0.25) is 0 Å². The molecular formula is C135H88Br4N6S3. The van der Waals surface area contributed by atoms with Crippen molar-refractivity contribution in [2.75, 3.05) is 14.7 Å². The topological polar surface area (TPSA) is 24.5 Å². The van der Waals surface area contributed by atoms with Crippen molar-refractivity contribution in [1.82, 2.24) is 13.7 Å². The zero-order chi connectivity index (χ0) is 98.9. The van der Waals surface area contributed by atoms with E-state index in [-0.39, 0.29) is 5.41 Å². The van der Waals surface area contributed by atoms with Gasteiger partial charge in [0.25, 0.3) is 0 Å². The van der Waals surface area contributed by atoms with E-state index in [0.29, 0.717) is 0 Å². The molecule has 1 aliphatic rings. The summed E-state index contributed by atoms with van der Waals surface area (Å²) in [5.74, 6) is 0. The fraction of sp³-hybridized carbons (Fsp3) is 0.0222. The van der Waals surface area contributed by atoms with Crippen LogP contribution < -0.4 is 14.7 Å². The Labute approximate surface area is 900 Å². The lowest BCUT2D eigenvalue weighted by Gasteiger charge is -2.26. The normalized spacial score (nSPS) is 12.2. The van der Waals surface area contributed by atoms with Gasteiger partial charge in [-0.2, -0.15) is 0 Å². The van der Waals surface area contributed by atoms with Crippen LogP contribution in [0, 0.1) is 0 Å². The summed E-state index contributed by atoms with van der Waals surface area (Å²) in [7, 11) is 0. The van der Waals surface area contributed by atoms with E-state index in [2.05, 4.69) is 603 Å². The fourth-order valence-corrected chi connectivity index (χ4v) is 27.6. The van der Waals surface area contributed by atoms with Crippen LogP contribution in [0.2, 0.25) is 0 Å². The van der Waals surface area contributed by atoms with Crippen molar-refractivity contribution in [1.29, 1.82) is 0 Å². The van der Waals surface area contributed by atoms with E-state index in [0.717, 1.165) is 69.1 Å². The summed E-state index contributed by atoms with van der Waals surface area (Å²) in [6.45, 7) is 4.70. The summed E-state index contributed by atoms with van der Waals surface area (Å²) in [4.78, 5) is 7.13. The maximum atomic E-state index is 3.74. The number of benzene rings is 23. The number of halogens is 4. The number of nitrogens with zero attached hydrogens (tertiary/aromatic N) is 6. The maximum Gasteiger partial charge on any atom is 0.0640 e. The Morgan fingerprint density at radius 3 is 1.19 bits per heavy atom. The van der Waals surface area contributed by atoms with E-state index in [1.807, 2.05) is 34.0 Å². The van der Waals surface area contributed by atoms with Crippen LogP contribution in [0.3, 0.4) is 0 Å². The predicted octanol–water partition coefficient (Wildman–Crippen LogP) is 42.4. The Kier molecular flexibility index (Phi) is 23.1. The fourth-order valence-electron chi connectivity index (χ4n) is 22.6. The molecule has 29 aromatic rings. The average Bonchev–Trinajstić information content (AvgIpc) is 1.56. The van der Waals surface area contributed by atoms with Gasteiger partial charge in [-0.1, -0.05) is 351 Å². The Morgan fingerprint density at radius 1 is 0.189 bits per heavy atom. The summed E-state index contributed by atoms with van der Waals surface area (Å²) in [6.07, 6.45) is 0. The van der Waals surface area contributed by atoms with Crippen LogP contribution in [-0.2, 0) is 5.41 Å². The molecule has 704 valence electrons. The van der Waals surface area contributed by atoms with Gasteiger partial charge in [0, 0.05) is 164 Å². The van der Waals surface area contributed by atoms with Crippen molar-refractivity contribution in [3.05, 3.63) is 526 Å². The van der Waals surface area contributed by atoms with Crippen molar-refractivity contribution in [2.45, 2.75) is 19.3 Å². The molecule has 0 saturated carbocycles. The van der Waals surface area contributed by atoms with Crippen LogP contribution in [0.15, 0.2) is 515 Å². The minimum absolute atomic E-state index is 0.0577. The number of hydrogen-bond donors (Lipinski definition) is 0. The summed E-state index contributed by atoms with van der Waals surface area (Å²) >= 11 is 20.3. The molecule has 148 heavy (non-hydrogen) atoms. The standard InChI is InChI=1S/C40H25BrN2S.C39H27BrN2.C32H20BrNS.C24H16BrNS/c41-28-15-21-37-36(23-28)33-19-17-31(24-38(33)43(37)29-10-2-1-3-11-29)42(30-16-14-26-8-4-5-9-27(26)22-30)32-18-20-35-34-12-6-7-13-39(34)44-40(35)25-32;1-39(2)33-12-6-3-9-27(33)28-18-16-25(22-34(28)39)42-37-20-15-24(40)21-32(37)31-19-17-26(23-38(31)42)41-35-13-7-4-10-29(35)30-11-5-8-14-36(30)41;33-23-15-18-31-29(20-23)28-11-6-12-30(32(28)35-31)34(24-8-2-1-3-9-24)25-16-17-27-22(19-25)14-13-21-7-4-5-10-26(21)27;25-17-14-15-23-21(16-17)20-12-7-13-22(24(20)27-23)26(18-8-3-1-4-9-18)19-10-5-2-6-11-19/h1-25H;3-23H,1-2H3;1-20H;1-16H. The lowest BCUT2D eigenvalue weighted by molar-refractivity contribution is 0.660. The van der Waals surface area contributed by atoms with Gasteiger partial charge < -0.3 is 28.4 Å². The molecule has 6 nitrogen and oxygen atoms in total. The second-order valence-electron chi connectivity index (χ2n) is 38.3. The third-order valence-corrected chi connectivity index (χ3v) is 34.9. The van der Waals surface area contributed by atoms with E-state index in [9.17, 15) is 0 Å². The molecule has 0 atom stereocenters. The van der Waals surface area contributed by atoms with Gasteiger partial charge in [0.15, 0.2) is 0 Å². The highest BCUT2D eigenvalue weighted by Gasteiger charge is 2.36. The number of aromatic nitrogens is 3. The molecule has 1 aliphatic carbocycles. The molecule has 0 N–H and O–H groups in total. The molecule has 0 unspecified atom stereocenters. The minimum Gasteiger partial charge on any atom is -0.310 e. The van der Waals surface area contributed by atoms with Gasteiger partial charge in [-0.05, 0) is 279 Å².